The van der Waals surface area contributed by atoms with Gasteiger partial charge in [0.1, 0.15) is 9.63 Å². The second-order valence-corrected chi connectivity index (χ2v) is 7.31. The Labute approximate surface area is 163 Å². The average molecular weight is 435 g/mol. The molecule has 0 fully saturated rings. The first-order chi connectivity index (χ1) is 12.1. The van der Waals surface area contributed by atoms with E-state index in [0.29, 0.717) is 27.1 Å². The van der Waals surface area contributed by atoms with Crippen LogP contribution in [0.3, 0.4) is 0 Å². The molecule has 1 aromatic carbocycles. The van der Waals surface area contributed by atoms with Crippen LogP contribution in [0.4, 0.5) is 5.69 Å². The summed E-state index contributed by atoms with van der Waals surface area (Å²) in [5, 5.41) is 4.17. The van der Waals surface area contributed by atoms with Crippen molar-refractivity contribution in [3.63, 3.8) is 0 Å². The number of nitrogens with zero attached hydrogens (tertiary/aromatic N) is 2. The van der Waals surface area contributed by atoms with Crippen molar-refractivity contribution in [1.29, 1.82) is 0 Å². The number of hydrogen-bond acceptors (Lipinski definition) is 4. The van der Waals surface area contributed by atoms with E-state index in [9.17, 15) is 4.79 Å². The van der Waals surface area contributed by atoms with Gasteiger partial charge in [-0.1, -0.05) is 11.6 Å². The molecule has 1 N–H and O–H groups in total. The van der Waals surface area contributed by atoms with Crippen LogP contribution in [0.5, 0.6) is 0 Å². The van der Waals surface area contributed by atoms with E-state index in [1.54, 1.807) is 48.8 Å². The van der Waals surface area contributed by atoms with Crippen LogP contribution < -0.4 is 5.32 Å². The van der Waals surface area contributed by atoms with Gasteiger partial charge in [0.25, 0.3) is 5.91 Å². The maximum atomic E-state index is 12.6. The van der Waals surface area contributed by atoms with Gasteiger partial charge in [-0.2, -0.15) is 0 Å². The van der Waals surface area contributed by atoms with Gasteiger partial charge in [-0.15, -0.1) is 11.8 Å². The van der Waals surface area contributed by atoms with E-state index in [1.165, 1.54) is 11.8 Å². The minimum atomic E-state index is -0.200. The van der Waals surface area contributed by atoms with Crippen LogP contribution in [0.25, 0.3) is 0 Å². The predicted octanol–water partition coefficient (Wildman–Crippen LogP) is 5.44. The summed E-state index contributed by atoms with van der Waals surface area (Å²) >= 11 is 10.7. The summed E-state index contributed by atoms with van der Waals surface area (Å²) in [5.41, 5.74) is 2.32. The summed E-state index contributed by atoms with van der Waals surface area (Å²) in [6.07, 6.45) is 3.43. The lowest BCUT2D eigenvalue weighted by molar-refractivity contribution is 0.102. The fourth-order valence-corrected chi connectivity index (χ4v) is 3.57. The summed E-state index contributed by atoms with van der Waals surface area (Å²) in [4.78, 5) is 21.0. The van der Waals surface area contributed by atoms with Crippen LogP contribution in [0, 0.1) is 0 Å². The first-order valence-corrected chi connectivity index (χ1v) is 9.52. The van der Waals surface area contributed by atoms with E-state index in [0.717, 1.165) is 10.2 Å². The molecule has 0 saturated heterocycles. The number of benzene rings is 1. The Kier molecular flexibility index (Phi) is 6.07. The molecule has 0 aliphatic rings. The molecule has 0 bridgehead atoms. The zero-order valence-electron chi connectivity index (χ0n) is 12.9. The van der Waals surface area contributed by atoms with E-state index < -0.39 is 0 Å². The largest absolute Gasteiger partial charge is 0.322 e. The van der Waals surface area contributed by atoms with Crippen molar-refractivity contribution in [3.05, 3.63) is 81.7 Å². The Balaban J connectivity index is 1.73. The van der Waals surface area contributed by atoms with E-state index >= 15 is 0 Å². The minimum Gasteiger partial charge on any atom is -0.322 e. The molecular weight excluding hydrogens is 422 g/mol. The summed E-state index contributed by atoms with van der Waals surface area (Å²) < 4.78 is 0.785. The number of nitrogens with one attached hydrogen (secondary N) is 1. The third kappa shape index (κ3) is 5.04. The van der Waals surface area contributed by atoms with Crippen molar-refractivity contribution in [2.24, 2.45) is 0 Å². The monoisotopic (exact) mass is 433 g/mol. The lowest BCUT2D eigenvalue weighted by Gasteiger charge is -2.09. The standard InChI is InChI=1S/C18H13BrClN3OS/c19-16-10-12(7-9-21-16)11-25-18-15(2-1-8-22-18)17(24)23-14-5-3-13(20)4-6-14/h1-10H,11H2,(H,23,24). The van der Waals surface area contributed by atoms with Crippen molar-refractivity contribution in [2.45, 2.75) is 10.8 Å². The topological polar surface area (TPSA) is 54.9 Å². The van der Waals surface area contributed by atoms with Gasteiger partial charge in [0, 0.05) is 28.9 Å². The second kappa shape index (κ2) is 8.47. The van der Waals surface area contributed by atoms with Crippen LogP contribution in [0.15, 0.2) is 70.6 Å². The van der Waals surface area contributed by atoms with Crippen molar-refractivity contribution in [3.8, 4) is 0 Å². The highest BCUT2D eigenvalue weighted by molar-refractivity contribution is 9.10. The molecule has 1 amide bonds. The zero-order chi connectivity index (χ0) is 17.6. The van der Waals surface area contributed by atoms with Gasteiger partial charge in [0.15, 0.2) is 0 Å². The number of carbonyl (C=O) groups is 1. The molecule has 4 nitrogen and oxygen atoms in total. The van der Waals surface area contributed by atoms with Crippen LogP contribution >= 0.6 is 39.3 Å². The molecule has 2 aromatic heterocycles. The van der Waals surface area contributed by atoms with Gasteiger partial charge in [0.05, 0.1) is 5.56 Å². The summed E-state index contributed by atoms with van der Waals surface area (Å²) in [6, 6.07) is 14.4. The fourth-order valence-electron chi connectivity index (χ4n) is 2.09. The molecule has 0 aliphatic heterocycles. The number of halogens is 2. The maximum absolute atomic E-state index is 12.6. The smallest absolute Gasteiger partial charge is 0.258 e. The summed E-state index contributed by atoms with van der Waals surface area (Å²) in [7, 11) is 0. The van der Waals surface area contributed by atoms with Crippen molar-refractivity contribution in [1.82, 2.24) is 9.97 Å². The number of hydrogen-bond donors (Lipinski definition) is 1. The SMILES string of the molecule is O=C(Nc1ccc(Cl)cc1)c1cccnc1SCc1ccnc(Br)c1. The van der Waals surface area contributed by atoms with Crippen molar-refractivity contribution < 1.29 is 4.79 Å². The number of pyridine rings is 2. The predicted molar refractivity (Wildman–Crippen MR) is 105 cm³/mol. The number of rotatable bonds is 5. The van der Waals surface area contributed by atoms with E-state index in [4.69, 9.17) is 11.6 Å². The molecule has 25 heavy (non-hydrogen) atoms. The van der Waals surface area contributed by atoms with E-state index in [2.05, 4.69) is 31.2 Å². The Morgan fingerprint density at radius 2 is 1.92 bits per heavy atom. The van der Waals surface area contributed by atoms with Gasteiger partial charge < -0.3 is 5.32 Å². The highest BCUT2D eigenvalue weighted by Crippen LogP contribution is 2.25. The molecule has 3 aromatic rings. The second-order valence-electron chi connectivity index (χ2n) is 5.09. The molecule has 7 heteroatoms. The van der Waals surface area contributed by atoms with Gasteiger partial charge in [-0.3, -0.25) is 4.79 Å². The Morgan fingerprint density at radius 1 is 1.12 bits per heavy atom. The summed E-state index contributed by atoms with van der Waals surface area (Å²) in [6.45, 7) is 0. The van der Waals surface area contributed by atoms with Gasteiger partial charge in [-0.25, -0.2) is 9.97 Å². The molecule has 0 saturated carbocycles. The Morgan fingerprint density at radius 3 is 2.68 bits per heavy atom. The molecule has 3 rings (SSSR count). The first-order valence-electron chi connectivity index (χ1n) is 7.37. The first kappa shape index (κ1) is 17.9. The molecule has 0 spiro atoms. The Bertz CT molecular complexity index is 889. The number of anilines is 1. The van der Waals surface area contributed by atoms with Crippen molar-refractivity contribution >= 4 is 50.9 Å². The highest BCUT2D eigenvalue weighted by Gasteiger charge is 2.13. The molecule has 0 unspecified atom stereocenters. The fraction of sp³-hybridized carbons (Fsp3) is 0.0556. The van der Waals surface area contributed by atoms with Gasteiger partial charge >= 0.3 is 0 Å². The molecule has 0 atom stereocenters. The van der Waals surface area contributed by atoms with Crippen LogP contribution in [0.1, 0.15) is 15.9 Å². The number of thioether (sulfide) groups is 1. The highest BCUT2D eigenvalue weighted by atomic mass is 79.9. The third-order valence-corrected chi connectivity index (χ3v) is 5.05. The third-order valence-electron chi connectivity index (χ3n) is 3.28. The average Bonchev–Trinajstić information content (AvgIpc) is 2.62. The van der Waals surface area contributed by atoms with Crippen LogP contribution in [-0.2, 0) is 5.75 Å². The molecule has 126 valence electrons. The molecule has 0 aliphatic carbocycles. The lowest BCUT2D eigenvalue weighted by Crippen LogP contribution is -2.13. The molecule has 2 heterocycles. The van der Waals surface area contributed by atoms with E-state index in [-0.39, 0.29) is 5.91 Å². The molecular formula is C18H13BrClN3OS. The quantitative estimate of drug-likeness (QED) is 0.429. The number of amides is 1. The Hall–Kier alpha value is -1.89. The van der Waals surface area contributed by atoms with Crippen molar-refractivity contribution in [2.75, 3.05) is 5.32 Å². The van der Waals surface area contributed by atoms with Gasteiger partial charge in [0.2, 0.25) is 0 Å². The maximum Gasteiger partial charge on any atom is 0.258 e. The minimum absolute atomic E-state index is 0.200. The molecule has 0 radical (unpaired) electrons. The normalized spacial score (nSPS) is 10.5. The van der Waals surface area contributed by atoms with Gasteiger partial charge in [-0.05, 0) is 70.0 Å². The van der Waals surface area contributed by atoms with Crippen LogP contribution in [-0.4, -0.2) is 15.9 Å². The lowest BCUT2D eigenvalue weighted by atomic mass is 10.2. The van der Waals surface area contributed by atoms with Crippen LogP contribution in [0.2, 0.25) is 5.02 Å². The number of carbonyl (C=O) groups excluding carboxylic acids is 1. The van der Waals surface area contributed by atoms with E-state index in [1.807, 2.05) is 12.1 Å². The zero-order valence-corrected chi connectivity index (χ0v) is 16.1. The summed E-state index contributed by atoms with van der Waals surface area (Å²) in [5.74, 6) is 0.494. The number of aromatic nitrogens is 2.